The van der Waals surface area contributed by atoms with E-state index in [1.807, 2.05) is 35.8 Å². The minimum Gasteiger partial charge on any atom is -0.504 e. The number of carbonyl (C=O) groups excluding carboxylic acids is 1. The fourth-order valence-corrected chi connectivity index (χ4v) is 5.43. The number of nitrogens with zero attached hydrogens (tertiary/aromatic N) is 3. The van der Waals surface area contributed by atoms with Crippen LogP contribution in [0, 0.1) is 5.92 Å². The van der Waals surface area contributed by atoms with Gasteiger partial charge in [0.25, 0.3) is 11.5 Å². The molecule has 0 aliphatic carbocycles. The van der Waals surface area contributed by atoms with Crippen LogP contribution in [0.15, 0.2) is 58.4 Å². The number of piperidine rings is 1. The highest BCUT2D eigenvalue weighted by atomic mass is 16.5. The Morgan fingerprint density at radius 3 is 2.66 bits per heavy atom. The second kappa shape index (κ2) is 10.6. The lowest BCUT2D eigenvalue weighted by Crippen LogP contribution is -2.46. The summed E-state index contributed by atoms with van der Waals surface area (Å²) in [4.78, 5) is 27.1. The fourth-order valence-electron chi connectivity index (χ4n) is 5.43. The molecule has 1 fully saturated rings. The van der Waals surface area contributed by atoms with Crippen LogP contribution in [-0.2, 0) is 13.1 Å². The van der Waals surface area contributed by atoms with E-state index < -0.39 is 23.2 Å². The zero-order chi connectivity index (χ0) is 26.8. The number of pyridine rings is 1. The number of carbonyl (C=O) groups is 1. The van der Waals surface area contributed by atoms with Crippen molar-refractivity contribution in [3.63, 3.8) is 0 Å². The first-order chi connectivity index (χ1) is 18.3. The number of fused-ring (bicyclic) bond motifs is 4. The van der Waals surface area contributed by atoms with Crippen LogP contribution in [-0.4, -0.2) is 56.6 Å². The maximum Gasteiger partial charge on any atom is 0.271 e. The van der Waals surface area contributed by atoms with Gasteiger partial charge in [-0.25, -0.2) is 5.43 Å². The van der Waals surface area contributed by atoms with Crippen molar-refractivity contribution in [1.29, 1.82) is 0 Å². The van der Waals surface area contributed by atoms with Gasteiger partial charge in [0.15, 0.2) is 17.2 Å². The zero-order valence-corrected chi connectivity index (χ0v) is 21.0. The summed E-state index contributed by atoms with van der Waals surface area (Å²) >= 11 is 0. The maximum absolute atomic E-state index is 12.3. The molecule has 0 saturated carbocycles. The fraction of sp³-hybridized carbons (Fsp3) is 0.321. The van der Waals surface area contributed by atoms with Gasteiger partial charge in [0.1, 0.15) is 5.75 Å². The van der Waals surface area contributed by atoms with Gasteiger partial charge in [-0.3, -0.25) is 14.5 Å². The first kappa shape index (κ1) is 25.3. The molecule has 4 N–H and O–H groups in total. The second-order valence-corrected chi connectivity index (χ2v) is 9.75. The van der Waals surface area contributed by atoms with Crippen molar-refractivity contribution in [2.45, 2.75) is 32.4 Å². The van der Waals surface area contributed by atoms with Crippen LogP contribution in [0.1, 0.15) is 46.4 Å². The number of aromatic hydroxyl groups is 3. The molecule has 1 aromatic heterocycles. The Bertz CT molecular complexity index is 1430. The van der Waals surface area contributed by atoms with Crippen LogP contribution in [0.2, 0.25) is 0 Å². The van der Waals surface area contributed by atoms with Gasteiger partial charge in [-0.1, -0.05) is 6.07 Å². The summed E-state index contributed by atoms with van der Waals surface area (Å²) in [6.07, 6.45) is 2.59. The molecule has 2 aliphatic rings. The van der Waals surface area contributed by atoms with Crippen molar-refractivity contribution >= 4 is 12.1 Å². The van der Waals surface area contributed by atoms with E-state index in [0.29, 0.717) is 25.0 Å². The molecule has 2 aromatic carbocycles. The van der Waals surface area contributed by atoms with Gasteiger partial charge in [0, 0.05) is 55.0 Å². The number of hydrogen-bond acceptors (Lipinski definition) is 8. The standard InChI is InChI=1S/C28H30N4O6/c1-2-38-25-7-6-17(12-29-30-28(37)19-10-23(33)27(36)24(34)11-19)8-21(25)16-31-13-18-9-20(15-31)22-4-3-5-26(35)32(22)14-18/h3-8,10-12,18,20,33-34,36H,2,9,13-16H2,1H3,(H,30,37). The normalized spacial score (nSPS) is 18.8. The summed E-state index contributed by atoms with van der Waals surface area (Å²) in [5, 5.41) is 32.7. The van der Waals surface area contributed by atoms with Crippen LogP contribution in [0.25, 0.3) is 0 Å². The highest BCUT2D eigenvalue weighted by Crippen LogP contribution is 2.37. The van der Waals surface area contributed by atoms with Gasteiger partial charge in [0.05, 0.1) is 12.8 Å². The molecule has 1 amide bonds. The molecule has 0 spiro atoms. The van der Waals surface area contributed by atoms with Crippen LogP contribution in [0.4, 0.5) is 0 Å². The third kappa shape index (κ3) is 5.21. The van der Waals surface area contributed by atoms with Crippen molar-refractivity contribution in [1.82, 2.24) is 14.9 Å². The van der Waals surface area contributed by atoms with E-state index in [0.717, 1.165) is 60.8 Å². The molecule has 2 unspecified atom stereocenters. The van der Waals surface area contributed by atoms with Gasteiger partial charge in [-0.15, -0.1) is 0 Å². The second-order valence-electron chi connectivity index (χ2n) is 9.75. The highest BCUT2D eigenvalue weighted by Gasteiger charge is 2.34. The summed E-state index contributed by atoms with van der Waals surface area (Å²) in [6, 6.07) is 13.3. The molecule has 10 nitrogen and oxygen atoms in total. The average Bonchev–Trinajstić information content (AvgIpc) is 2.89. The molecule has 2 aliphatic heterocycles. The Morgan fingerprint density at radius 2 is 1.89 bits per heavy atom. The Balaban J connectivity index is 1.30. The molecule has 1 saturated heterocycles. The van der Waals surface area contributed by atoms with E-state index in [2.05, 4.69) is 21.5 Å². The van der Waals surface area contributed by atoms with Crippen LogP contribution >= 0.6 is 0 Å². The summed E-state index contributed by atoms with van der Waals surface area (Å²) < 4.78 is 7.80. The van der Waals surface area contributed by atoms with E-state index in [1.165, 1.54) is 6.21 Å². The SMILES string of the molecule is CCOc1ccc(C=NNC(=O)c2cc(O)c(O)c(O)c2)cc1CN1CC2CC(C1)c1cccc(=O)n1C2. The van der Waals surface area contributed by atoms with Gasteiger partial charge < -0.3 is 24.6 Å². The zero-order valence-electron chi connectivity index (χ0n) is 21.0. The lowest BCUT2D eigenvalue weighted by molar-refractivity contribution is 0.0954. The minimum absolute atomic E-state index is 0.0539. The number of amides is 1. The van der Waals surface area contributed by atoms with Gasteiger partial charge in [0.2, 0.25) is 0 Å². The number of aromatic nitrogens is 1. The number of likely N-dealkylation sites (tertiary alicyclic amines) is 1. The first-order valence-electron chi connectivity index (χ1n) is 12.6. The molecule has 38 heavy (non-hydrogen) atoms. The molecular formula is C28H30N4O6. The van der Waals surface area contributed by atoms with Crippen molar-refractivity contribution < 1.29 is 24.9 Å². The smallest absolute Gasteiger partial charge is 0.271 e. The lowest BCUT2D eigenvalue weighted by Gasteiger charge is -2.43. The molecule has 2 bridgehead atoms. The van der Waals surface area contributed by atoms with Crippen molar-refractivity contribution in [2.24, 2.45) is 11.0 Å². The van der Waals surface area contributed by atoms with E-state index >= 15 is 0 Å². The number of phenols is 3. The van der Waals surface area contributed by atoms with Gasteiger partial charge >= 0.3 is 0 Å². The molecule has 0 radical (unpaired) electrons. The maximum atomic E-state index is 12.3. The Labute approximate surface area is 219 Å². The van der Waals surface area contributed by atoms with E-state index in [4.69, 9.17) is 4.74 Å². The first-order valence-corrected chi connectivity index (χ1v) is 12.6. The molecular weight excluding hydrogens is 488 g/mol. The average molecular weight is 519 g/mol. The molecule has 3 aromatic rings. The van der Waals surface area contributed by atoms with E-state index in [-0.39, 0.29) is 11.1 Å². The molecule has 5 rings (SSSR count). The van der Waals surface area contributed by atoms with Crippen LogP contribution < -0.4 is 15.7 Å². The van der Waals surface area contributed by atoms with E-state index in [9.17, 15) is 24.9 Å². The highest BCUT2D eigenvalue weighted by molar-refractivity contribution is 5.96. The van der Waals surface area contributed by atoms with Crippen LogP contribution in [0.3, 0.4) is 0 Å². The van der Waals surface area contributed by atoms with E-state index in [1.54, 1.807) is 6.07 Å². The number of nitrogens with one attached hydrogen (secondary N) is 1. The quantitative estimate of drug-likeness (QED) is 0.214. The topological polar surface area (TPSA) is 137 Å². The van der Waals surface area contributed by atoms with Crippen molar-refractivity contribution in [3.8, 4) is 23.0 Å². The molecule has 2 atom stereocenters. The molecule has 3 heterocycles. The number of benzene rings is 2. The number of phenolic OH excluding ortho intramolecular Hbond substituents is 3. The van der Waals surface area contributed by atoms with Crippen LogP contribution in [0.5, 0.6) is 23.0 Å². The summed E-state index contributed by atoms with van der Waals surface area (Å²) in [6.45, 7) is 5.64. The van der Waals surface area contributed by atoms with Crippen molar-refractivity contribution in [3.05, 3.63) is 81.3 Å². The summed E-state index contributed by atoms with van der Waals surface area (Å²) in [5.41, 5.74) is 5.24. The number of hydrogen-bond donors (Lipinski definition) is 4. The molecule has 198 valence electrons. The lowest BCUT2D eigenvalue weighted by atomic mass is 9.83. The Kier molecular flexibility index (Phi) is 7.06. The predicted octanol–water partition coefficient (Wildman–Crippen LogP) is 2.75. The number of ether oxygens (including phenoxy) is 1. The Morgan fingerprint density at radius 1 is 1.11 bits per heavy atom. The summed E-state index contributed by atoms with van der Waals surface area (Å²) in [7, 11) is 0. The Hall–Kier alpha value is -4.31. The monoisotopic (exact) mass is 518 g/mol. The van der Waals surface area contributed by atoms with Crippen molar-refractivity contribution in [2.75, 3.05) is 19.7 Å². The number of rotatable bonds is 7. The minimum atomic E-state index is -0.692. The largest absolute Gasteiger partial charge is 0.504 e. The molecule has 10 heteroatoms. The van der Waals surface area contributed by atoms with Gasteiger partial charge in [-0.2, -0.15) is 5.10 Å². The third-order valence-electron chi connectivity index (χ3n) is 7.05. The third-order valence-corrected chi connectivity index (χ3v) is 7.05. The van der Waals surface area contributed by atoms with Gasteiger partial charge in [-0.05, 0) is 61.2 Å². The predicted molar refractivity (Wildman–Crippen MR) is 141 cm³/mol. The summed E-state index contributed by atoms with van der Waals surface area (Å²) in [5.74, 6) is -1.04. The number of hydrazone groups is 1.